The minimum absolute atomic E-state index is 0.0139. The molecule has 1 aliphatic heterocycles. The van der Waals surface area contributed by atoms with Gasteiger partial charge in [-0.2, -0.15) is 0 Å². The number of benzene rings is 1. The summed E-state index contributed by atoms with van der Waals surface area (Å²) in [5, 5.41) is 13.8. The predicted octanol–water partition coefficient (Wildman–Crippen LogP) is 2.30. The van der Waals surface area contributed by atoms with Gasteiger partial charge in [0.25, 0.3) is 5.69 Å². The number of halogens is 1. The Morgan fingerprint density at radius 1 is 1.48 bits per heavy atom. The molecule has 2 rings (SSSR count). The van der Waals surface area contributed by atoms with Gasteiger partial charge in [0.05, 0.1) is 9.95 Å². The van der Waals surface area contributed by atoms with Gasteiger partial charge < -0.3 is 5.32 Å². The lowest BCUT2D eigenvalue weighted by Crippen LogP contribution is -2.52. The molecule has 0 aliphatic carbocycles. The first-order valence-corrected chi connectivity index (χ1v) is 9.16. The predicted molar refractivity (Wildman–Crippen MR) is 88.1 cm³/mol. The van der Waals surface area contributed by atoms with Crippen molar-refractivity contribution in [2.24, 2.45) is 5.41 Å². The highest BCUT2D eigenvalue weighted by molar-refractivity contribution is 7.89. The molecular formula is C14H20ClN3O4S. The number of nitrogens with one attached hydrogen (secondary N) is 2. The SMILES string of the molecule is CC1(C)CCCNC1CNS(=O)(=O)c1ccc([N+](=O)[O-])cc1Cl. The Bertz CT molecular complexity index is 706. The van der Waals surface area contributed by atoms with Crippen LogP contribution in [0.1, 0.15) is 26.7 Å². The molecule has 23 heavy (non-hydrogen) atoms. The number of piperidine rings is 1. The van der Waals surface area contributed by atoms with Gasteiger partial charge in [-0.05, 0) is 30.9 Å². The monoisotopic (exact) mass is 361 g/mol. The lowest BCUT2D eigenvalue weighted by atomic mass is 9.78. The fourth-order valence-electron chi connectivity index (χ4n) is 2.71. The van der Waals surface area contributed by atoms with Gasteiger partial charge in [-0.3, -0.25) is 10.1 Å². The van der Waals surface area contributed by atoms with Gasteiger partial charge in [-0.25, -0.2) is 13.1 Å². The Kier molecular flexibility index (Phi) is 5.30. The van der Waals surface area contributed by atoms with Gasteiger partial charge >= 0.3 is 0 Å². The number of nitro groups is 1. The third-order valence-electron chi connectivity index (χ3n) is 4.23. The lowest BCUT2D eigenvalue weighted by Gasteiger charge is -2.39. The molecular weight excluding hydrogens is 342 g/mol. The summed E-state index contributed by atoms with van der Waals surface area (Å²) in [7, 11) is -3.83. The highest BCUT2D eigenvalue weighted by Gasteiger charge is 2.33. The van der Waals surface area contributed by atoms with Crippen molar-refractivity contribution in [3.05, 3.63) is 33.3 Å². The summed E-state index contributed by atoms with van der Waals surface area (Å²) in [5.74, 6) is 0. The largest absolute Gasteiger partial charge is 0.312 e. The Labute approximate surface area is 140 Å². The van der Waals surface area contributed by atoms with Gasteiger partial charge in [0, 0.05) is 24.7 Å². The van der Waals surface area contributed by atoms with Gasteiger partial charge in [-0.1, -0.05) is 25.4 Å². The second-order valence-electron chi connectivity index (χ2n) is 6.32. The van der Waals surface area contributed by atoms with Crippen LogP contribution in [0.3, 0.4) is 0 Å². The fraction of sp³-hybridized carbons (Fsp3) is 0.571. The van der Waals surface area contributed by atoms with E-state index in [0.29, 0.717) is 0 Å². The van der Waals surface area contributed by atoms with Crippen LogP contribution >= 0.6 is 11.6 Å². The summed E-state index contributed by atoms with van der Waals surface area (Å²) in [4.78, 5) is 9.92. The van der Waals surface area contributed by atoms with Crippen molar-refractivity contribution < 1.29 is 13.3 Å². The number of hydrogen-bond donors (Lipinski definition) is 2. The molecule has 2 N–H and O–H groups in total. The summed E-state index contributed by atoms with van der Waals surface area (Å²) < 4.78 is 27.3. The number of hydrogen-bond acceptors (Lipinski definition) is 5. The summed E-state index contributed by atoms with van der Waals surface area (Å²) in [6.07, 6.45) is 2.08. The third kappa shape index (κ3) is 4.20. The van der Waals surface area contributed by atoms with E-state index in [1.807, 2.05) is 0 Å². The molecule has 1 aromatic carbocycles. The molecule has 9 heteroatoms. The summed E-state index contributed by atoms with van der Waals surface area (Å²) in [6, 6.07) is 3.34. The van der Waals surface area contributed by atoms with E-state index >= 15 is 0 Å². The van der Waals surface area contributed by atoms with Crippen molar-refractivity contribution in [3.63, 3.8) is 0 Å². The Balaban J connectivity index is 2.14. The second kappa shape index (κ2) is 6.72. The molecule has 1 aliphatic rings. The molecule has 1 atom stereocenters. The molecule has 0 spiro atoms. The molecule has 0 aromatic heterocycles. The molecule has 1 saturated heterocycles. The van der Waals surface area contributed by atoms with Crippen LogP contribution in [0.15, 0.2) is 23.1 Å². The van der Waals surface area contributed by atoms with E-state index in [2.05, 4.69) is 23.9 Å². The maximum Gasteiger partial charge on any atom is 0.271 e. The standard InChI is InChI=1S/C14H20ClN3O4S/c1-14(2)6-3-7-16-13(14)9-17-23(21,22)12-5-4-10(18(19)20)8-11(12)15/h4-5,8,13,16-17H,3,6-7,9H2,1-2H3. The quantitative estimate of drug-likeness (QED) is 0.619. The van der Waals surface area contributed by atoms with Crippen LogP contribution in [-0.2, 0) is 10.0 Å². The smallest absolute Gasteiger partial charge is 0.271 e. The number of non-ortho nitro benzene ring substituents is 1. The molecule has 128 valence electrons. The summed E-state index contributed by atoms with van der Waals surface area (Å²) in [5.41, 5.74) is -0.260. The molecule has 1 aromatic rings. The molecule has 0 amide bonds. The van der Waals surface area contributed by atoms with E-state index in [-0.39, 0.29) is 33.6 Å². The topological polar surface area (TPSA) is 101 Å². The maximum absolute atomic E-state index is 12.4. The first-order valence-electron chi connectivity index (χ1n) is 7.30. The van der Waals surface area contributed by atoms with Crippen LogP contribution in [0, 0.1) is 15.5 Å². The van der Waals surface area contributed by atoms with Gasteiger partial charge in [0.1, 0.15) is 4.90 Å². The molecule has 1 unspecified atom stereocenters. The van der Waals surface area contributed by atoms with E-state index < -0.39 is 14.9 Å². The van der Waals surface area contributed by atoms with Crippen LogP contribution in [0.2, 0.25) is 5.02 Å². The highest BCUT2D eigenvalue weighted by Crippen LogP contribution is 2.30. The van der Waals surface area contributed by atoms with Gasteiger partial charge in [0.15, 0.2) is 0 Å². The van der Waals surface area contributed by atoms with Crippen LogP contribution in [0.25, 0.3) is 0 Å². The van der Waals surface area contributed by atoms with Gasteiger partial charge in [0.2, 0.25) is 10.0 Å². The first kappa shape index (κ1) is 18.1. The Hall–Kier alpha value is -1.22. The van der Waals surface area contributed by atoms with Crippen LogP contribution < -0.4 is 10.0 Å². The third-order valence-corrected chi connectivity index (χ3v) is 6.13. The first-order chi connectivity index (χ1) is 10.6. The number of sulfonamides is 1. The zero-order valence-corrected chi connectivity index (χ0v) is 14.6. The summed E-state index contributed by atoms with van der Waals surface area (Å²) >= 11 is 5.90. The molecule has 0 saturated carbocycles. The zero-order valence-electron chi connectivity index (χ0n) is 13.0. The van der Waals surface area contributed by atoms with Crippen molar-refractivity contribution in [1.82, 2.24) is 10.0 Å². The number of nitro benzene ring substituents is 1. The average Bonchev–Trinajstić information content (AvgIpc) is 2.45. The van der Waals surface area contributed by atoms with E-state index in [1.54, 1.807) is 0 Å². The van der Waals surface area contributed by atoms with Crippen molar-refractivity contribution in [3.8, 4) is 0 Å². The number of rotatable bonds is 5. The van der Waals surface area contributed by atoms with Crippen molar-refractivity contribution in [1.29, 1.82) is 0 Å². The number of nitrogens with zero attached hydrogens (tertiary/aromatic N) is 1. The molecule has 7 nitrogen and oxygen atoms in total. The van der Waals surface area contributed by atoms with Gasteiger partial charge in [-0.15, -0.1) is 0 Å². The van der Waals surface area contributed by atoms with Crippen molar-refractivity contribution >= 4 is 27.3 Å². The zero-order chi connectivity index (χ0) is 17.3. The minimum Gasteiger partial charge on any atom is -0.312 e. The minimum atomic E-state index is -3.83. The van der Waals surface area contributed by atoms with Crippen molar-refractivity contribution in [2.75, 3.05) is 13.1 Å². The van der Waals surface area contributed by atoms with E-state index in [9.17, 15) is 18.5 Å². The fourth-order valence-corrected chi connectivity index (χ4v) is 4.30. The summed E-state index contributed by atoms with van der Waals surface area (Å²) in [6.45, 7) is 5.28. The Morgan fingerprint density at radius 3 is 2.74 bits per heavy atom. The lowest BCUT2D eigenvalue weighted by molar-refractivity contribution is -0.384. The average molecular weight is 362 g/mol. The molecule has 0 radical (unpaired) electrons. The normalized spacial score (nSPS) is 21.1. The van der Waals surface area contributed by atoms with Crippen LogP contribution in [0.5, 0.6) is 0 Å². The molecule has 1 heterocycles. The highest BCUT2D eigenvalue weighted by atomic mass is 35.5. The van der Waals surface area contributed by atoms with E-state index in [4.69, 9.17) is 11.6 Å². The maximum atomic E-state index is 12.4. The van der Waals surface area contributed by atoms with Crippen LogP contribution in [0.4, 0.5) is 5.69 Å². The van der Waals surface area contributed by atoms with Crippen LogP contribution in [-0.4, -0.2) is 32.5 Å². The van der Waals surface area contributed by atoms with E-state index in [0.717, 1.165) is 37.6 Å². The Morgan fingerprint density at radius 2 is 2.17 bits per heavy atom. The second-order valence-corrected chi connectivity index (χ2v) is 8.47. The van der Waals surface area contributed by atoms with Crippen molar-refractivity contribution in [2.45, 2.75) is 37.6 Å². The molecule has 1 fully saturated rings. The molecule has 0 bridgehead atoms. The van der Waals surface area contributed by atoms with E-state index in [1.165, 1.54) is 0 Å².